The van der Waals surface area contributed by atoms with Gasteiger partial charge in [0.15, 0.2) is 0 Å². The van der Waals surface area contributed by atoms with Gasteiger partial charge in [0.25, 0.3) is 0 Å². The van der Waals surface area contributed by atoms with Gasteiger partial charge < -0.3 is 0 Å². The van der Waals surface area contributed by atoms with Crippen molar-refractivity contribution in [2.45, 2.75) is 25.9 Å². The minimum Gasteiger partial charge on any atom is -0.283 e. The Morgan fingerprint density at radius 2 is 2.36 bits per heavy atom. The lowest BCUT2D eigenvalue weighted by atomic mass is 10.0. The molecule has 1 aliphatic heterocycles. The Morgan fingerprint density at radius 1 is 1.73 bits per heavy atom. The summed E-state index contributed by atoms with van der Waals surface area (Å²) in [6, 6.07) is 0. The summed E-state index contributed by atoms with van der Waals surface area (Å²) in [5.41, 5.74) is -1.22. The molecule has 11 heavy (non-hydrogen) atoms. The fourth-order valence-corrected chi connectivity index (χ4v) is 0.999. The largest absolute Gasteiger partial charge is 0.283 e. The highest BCUT2D eigenvalue weighted by molar-refractivity contribution is 5.98. The summed E-state index contributed by atoms with van der Waals surface area (Å²) >= 11 is 0. The number of dihydropyridines is 1. The van der Waals surface area contributed by atoms with Crippen LogP contribution in [0.3, 0.4) is 0 Å². The van der Waals surface area contributed by atoms with Crippen LogP contribution in [0.25, 0.3) is 0 Å². The van der Waals surface area contributed by atoms with E-state index in [1.807, 2.05) is 0 Å². The summed E-state index contributed by atoms with van der Waals surface area (Å²) < 4.78 is 25.8. The molecular weight excluding hydrogens is 148 g/mol. The fourth-order valence-electron chi connectivity index (χ4n) is 0.999. The van der Waals surface area contributed by atoms with E-state index >= 15 is 0 Å². The zero-order valence-corrected chi connectivity index (χ0v) is 6.69. The first-order valence-electron chi connectivity index (χ1n) is 3.66. The summed E-state index contributed by atoms with van der Waals surface area (Å²) in [6.45, 7) is 3.17. The van der Waals surface area contributed by atoms with Crippen LogP contribution in [0.15, 0.2) is 16.9 Å². The molecule has 0 saturated heterocycles. The molecule has 0 aromatic carbocycles. The normalized spacial score (nSPS) is 31.3. The molecule has 0 amide bonds. The molecule has 0 fully saturated rings. The van der Waals surface area contributed by atoms with Crippen LogP contribution in [-0.4, -0.2) is 17.9 Å². The van der Waals surface area contributed by atoms with Crippen molar-refractivity contribution in [3.05, 3.63) is 11.9 Å². The standard InChI is InChI=1S/C8H11F2N/c1-3-7-6(9)4-8(2,10)5-11-7/h4H,3,5H2,1-2H3. The first-order chi connectivity index (χ1) is 5.05. The van der Waals surface area contributed by atoms with Gasteiger partial charge in [0.1, 0.15) is 11.5 Å². The molecule has 1 unspecified atom stereocenters. The van der Waals surface area contributed by atoms with Crippen LogP contribution in [0.5, 0.6) is 0 Å². The predicted octanol–water partition coefficient (Wildman–Crippen LogP) is 2.43. The summed E-state index contributed by atoms with van der Waals surface area (Å²) in [5.74, 6) is -0.510. The average molecular weight is 159 g/mol. The minimum atomic E-state index is -1.59. The third-order valence-electron chi connectivity index (χ3n) is 1.62. The first-order valence-corrected chi connectivity index (χ1v) is 3.66. The van der Waals surface area contributed by atoms with Gasteiger partial charge in [0.05, 0.1) is 12.3 Å². The molecule has 0 spiro atoms. The van der Waals surface area contributed by atoms with E-state index in [1.165, 1.54) is 6.92 Å². The monoisotopic (exact) mass is 159 g/mol. The Labute approximate surface area is 64.8 Å². The third kappa shape index (κ3) is 1.85. The van der Waals surface area contributed by atoms with Crippen molar-refractivity contribution < 1.29 is 8.78 Å². The second kappa shape index (κ2) is 2.72. The number of allylic oxidation sites excluding steroid dienone is 1. The van der Waals surface area contributed by atoms with Gasteiger partial charge in [0, 0.05) is 0 Å². The van der Waals surface area contributed by atoms with Crippen molar-refractivity contribution in [1.82, 2.24) is 0 Å². The summed E-state index contributed by atoms with van der Waals surface area (Å²) in [4.78, 5) is 3.78. The molecule has 1 atom stereocenters. The summed E-state index contributed by atoms with van der Waals surface area (Å²) in [7, 11) is 0. The van der Waals surface area contributed by atoms with Gasteiger partial charge in [-0.3, -0.25) is 4.99 Å². The fraction of sp³-hybridized carbons (Fsp3) is 0.625. The van der Waals surface area contributed by atoms with E-state index in [4.69, 9.17) is 0 Å². The zero-order chi connectivity index (χ0) is 8.48. The Bertz CT molecular complexity index is 216. The Morgan fingerprint density at radius 3 is 2.82 bits per heavy atom. The van der Waals surface area contributed by atoms with Gasteiger partial charge in [0.2, 0.25) is 0 Å². The lowest BCUT2D eigenvalue weighted by Crippen LogP contribution is -2.25. The summed E-state index contributed by atoms with van der Waals surface area (Å²) in [5, 5.41) is 0. The van der Waals surface area contributed by atoms with Crippen LogP contribution in [-0.2, 0) is 0 Å². The molecule has 0 N–H and O–H groups in total. The maximum Gasteiger partial charge on any atom is 0.148 e. The SMILES string of the molecule is CCC1=NCC(C)(F)C=C1F. The van der Waals surface area contributed by atoms with Gasteiger partial charge >= 0.3 is 0 Å². The van der Waals surface area contributed by atoms with E-state index in [0.29, 0.717) is 12.1 Å². The molecule has 1 heterocycles. The highest BCUT2D eigenvalue weighted by Crippen LogP contribution is 2.22. The molecule has 1 rings (SSSR count). The molecule has 0 aliphatic carbocycles. The van der Waals surface area contributed by atoms with Crippen LogP contribution in [0.1, 0.15) is 20.3 Å². The maximum absolute atomic E-state index is 13.0. The third-order valence-corrected chi connectivity index (χ3v) is 1.62. The summed E-state index contributed by atoms with van der Waals surface area (Å²) in [6.07, 6.45) is 1.53. The van der Waals surface area contributed by atoms with E-state index in [0.717, 1.165) is 6.08 Å². The topological polar surface area (TPSA) is 12.4 Å². The van der Waals surface area contributed by atoms with Crippen LogP contribution < -0.4 is 0 Å². The van der Waals surface area contributed by atoms with Gasteiger partial charge in [-0.15, -0.1) is 0 Å². The molecule has 1 aliphatic rings. The molecule has 0 saturated carbocycles. The average Bonchev–Trinajstić information content (AvgIpc) is 1.86. The molecule has 0 aromatic rings. The minimum absolute atomic E-state index is 0.0452. The van der Waals surface area contributed by atoms with E-state index in [9.17, 15) is 8.78 Å². The van der Waals surface area contributed by atoms with Crippen molar-refractivity contribution in [3.8, 4) is 0 Å². The second-order valence-corrected chi connectivity index (χ2v) is 2.89. The molecule has 1 nitrogen and oxygen atoms in total. The van der Waals surface area contributed by atoms with Gasteiger partial charge in [-0.2, -0.15) is 0 Å². The molecular formula is C8H11F2N. The van der Waals surface area contributed by atoms with Gasteiger partial charge in [-0.05, 0) is 19.4 Å². The molecule has 0 radical (unpaired) electrons. The molecule has 62 valence electrons. The van der Waals surface area contributed by atoms with Crippen LogP contribution in [0, 0.1) is 0 Å². The zero-order valence-electron chi connectivity index (χ0n) is 6.69. The number of alkyl halides is 1. The second-order valence-electron chi connectivity index (χ2n) is 2.89. The van der Waals surface area contributed by atoms with Crippen LogP contribution in [0.4, 0.5) is 8.78 Å². The Kier molecular flexibility index (Phi) is 2.07. The van der Waals surface area contributed by atoms with Crippen molar-refractivity contribution in [3.63, 3.8) is 0 Å². The molecule has 0 bridgehead atoms. The number of nitrogens with zero attached hydrogens (tertiary/aromatic N) is 1. The van der Waals surface area contributed by atoms with Gasteiger partial charge in [-0.1, -0.05) is 6.92 Å². The van der Waals surface area contributed by atoms with E-state index in [-0.39, 0.29) is 6.54 Å². The van der Waals surface area contributed by atoms with Gasteiger partial charge in [-0.25, -0.2) is 8.78 Å². The number of hydrogen-bond acceptors (Lipinski definition) is 1. The lowest BCUT2D eigenvalue weighted by molar-refractivity contribution is 0.261. The highest BCUT2D eigenvalue weighted by atomic mass is 19.1. The maximum atomic E-state index is 13.0. The Hall–Kier alpha value is -0.730. The van der Waals surface area contributed by atoms with Crippen molar-refractivity contribution in [2.24, 2.45) is 4.99 Å². The lowest BCUT2D eigenvalue weighted by Gasteiger charge is -2.18. The first kappa shape index (κ1) is 8.37. The smallest absolute Gasteiger partial charge is 0.148 e. The van der Waals surface area contributed by atoms with Crippen molar-refractivity contribution >= 4 is 5.71 Å². The van der Waals surface area contributed by atoms with Crippen LogP contribution >= 0.6 is 0 Å². The number of aliphatic imine (C=N–C) groups is 1. The predicted molar refractivity (Wildman–Crippen MR) is 41.3 cm³/mol. The van der Waals surface area contributed by atoms with Crippen molar-refractivity contribution in [1.29, 1.82) is 0 Å². The quantitative estimate of drug-likeness (QED) is 0.557. The number of hydrogen-bond donors (Lipinski definition) is 0. The number of halogens is 2. The highest BCUT2D eigenvalue weighted by Gasteiger charge is 2.26. The van der Waals surface area contributed by atoms with E-state index in [1.54, 1.807) is 6.92 Å². The van der Waals surface area contributed by atoms with Crippen molar-refractivity contribution in [2.75, 3.05) is 6.54 Å². The van der Waals surface area contributed by atoms with E-state index in [2.05, 4.69) is 4.99 Å². The van der Waals surface area contributed by atoms with Crippen LogP contribution in [0.2, 0.25) is 0 Å². The molecule has 3 heteroatoms. The molecule has 0 aromatic heterocycles. The Balaban J connectivity index is 2.82. The van der Waals surface area contributed by atoms with E-state index < -0.39 is 11.5 Å². The number of rotatable bonds is 1.